The summed E-state index contributed by atoms with van der Waals surface area (Å²) in [5.41, 5.74) is 2.27. The van der Waals surface area contributed by atoms with Crippen LogP contribution in [0.4, 0.5) is 0 Å². The molecule has 1 fully saturated rings. The van der Waals surface area contributed by atoms with Crippen LogP contribution in [0.2, 0.25) is 5.02 Å². The summed E-state index contributed by atoms with van der Waals surface area (Å²) in [6, 6.07) is 3.23. The van der Waals surface area contributed by atoms with Crippen molar-refractivity contribution >= 4 is 23.4 Å². The molecule has 3 aliphatic rings. The van der Waals surface area contributed by atoms with Gasteiger partial charge in [0.15, 0.2) is 17.3 Å². The van der Waals surface area contributed by atoms with E-state index < -0.39 is 17.8 Å². The Hall–Kier alpha value is -2.47. The first-order valence-corrected chi connectivity index (χ1v) is 11.5. The van der Waals surface area contributed by atoms with E-state index in [0.29, 0.717) is 29.7 Å². The molecule has 0 radical (unpaired) electrons. The van der Waals surface area contributed by atoms with E-state index in [9.17, 15) is 14.7 Å². The molecule has 1 saturated carbocycles. The van der Waals surface area contributed by atoms with Crippen LogP contribution in [0.1, 0.15) is 63.9 Å². The van der Waals surface area contributed by atoms with Gasteiger partial charge in [0.05, 0.1) is 12.1 Å². The van der Waals surface area contributed by atoms with Crippen molar-refractivity contribution in [1.82, 2.24) is 5.32 Å². The minimum Gasteiger partial charge on any atom is -0.503 e. The number of phenolic OH excluding ortho intramolecular Hbond substituents is 1. The maximum absolute atomic E-state index is 13.4. The highest BCUT2D eigenvalue weighted by Crippen LogP contribution is 2.50. The van der Waals surface area contributed by atoms with Crippen LogP contribution in [0.15, 0.2) is 35.7 Å². The highest BCUT2D eigenvalue weighted by molar-refractivity contribution is 6.32. The largest absolute Gasteiger partial charge is 0.503 e. The number of nitrogens with one attached hydrogen (secondary N) is 1. The van der Waals surface area contributed by atoms with Crippen LogP contribution in [0.5, 0.6) is 11.5 Å². The zero-order valence-electron chi connectivity index (χ0n) is 18.8. The Bertz CT molecular complexity index is 1010. The van der Waals surface area contributed by atoms with Gasteiger partial charge in [0.1, 0.15) is 12.0 Å². The molecule has 2 aliphatic carbocycles. The number of hydrogen-bond acceptors (Lipinski definition) is 6. The van der Waals surface area contributed by atoms with Crippen molar-refractivity contribution in [1.29, 1.82) is 0 Å². The third kappa shape index (κ3) is 4.13. The number of methoxy groups -OCH3 is 1. The molecular formula is C25H30ClNO5. The van der Waals surface area contributed by atoms with Gasteiger partial charge in [-0.25, -0.2) is 0 Å². The maximum Gasteiger partial charge on any atom is 0.316 e. The summed E-state index contributed by atoms with van der Waals surface area (Å²) in [6.07, 6.45) is 4.72. The van der Waals surface area contributed by atoms with Gasteiger partial charge in [-0.2, -0.15) is 0 Å². The van der Waals surface area contributed by atoms with Crippen molar-refractivity contribution in [2.75, 3.05) is 7.11 Å². The minimum atomic E-state index is -0.787. The molecule has 0 amide bonds. The Balaban J connectivity index is 1.83. The number of allylic oxidation sites excluding steroid dienone is 2. The van der Waals surface area contributed by atoms with Gasteiger partial charge in [0, 0.05) is 29.3 Å². The monoisotopic (exact) mass is 459 g/mol. The molecule has 1 aromatic rings. The van der Waals surface area contributed by atoms with Crippen molar-refractivity contribution in [3.63, 3.8) is 0 Å². The van der Waals surface area contributed by atoms with Crippen molar-refractivity contribution in [3.05, 3.63) is 46.3 Å². The summed E-state index contributed by atoms with van der Waals surface area (Å²) >= 11 is 6.29. The lowest BCUT2D eigenvalue weighted by Gasteiger charge is -2.42. The Kier molecular flexibility index (Phi) is 6.01. The third-order valence-corrected chi connectivity index (χ3v) is 7.01. The van der Waals surface area contributed by atoms with Gasteiger partial charge >= 0.3 is 5.97 Å². The van der Waals surface area contributed by atoms with Gasteiger partial charge in [-0.05, 0) is 55.2 Å². The maximum atomic E-state index is 13.4. The smallest absolute Gasteiger partial charge is 0.316 e. The Morgan fingerprint density at radius 2 is 1.94 bits per heavy atom. The molecule has 1 aliphatic heterocycles. The van der Waals surface area contributed by atoms with Gasteiger partial charge < -0.3 is 19.9 Å². The number of benzene rings is 1. The van der Waals surface area contributed by atoms with E-state index in [1.807, 2.05) is 0 Å². The molecule has 0 saturated heterocycles. The van der Waals surface area contributed by atoms with Crippen molar-refractivity contribution < 1.29 is 24.2 Å². The fourth-order valence-electron chi connectivity index (χ4n) is 5.26. The van der Waals surface area contributed by atoms with Crippen LogP contribution in [0.3, 0.4) is 0 Å². The normalized spacial score (nSPS) is 25.4. The number of aromatic hydroxyl groups is 1. The third-order valence-electron chi connectivity index (χ3n) is 6.72. The zero-order chi connectivity index (χ0) is 23.2. The molecule has 0 bridgehead atoms. The molecule has 2 atom stereocenters. The number of esters is 1. The van der Waals surface area contributed by atoms with Crippen LogP contribution in [0, 0.1) is 11.3 Å². The number of carbonyl (C=O) groups is 2. The van der Waals surface area contributed by atoms with E-state index in [0.717, 1.165) is 31.4 Å². The predicted molar refractivity (Wildman–Crippen MR) is 122 cm³/mol. The number of carbonyl (C=O) groups excluding carboxylic acids is 2. The summed E-state index contributed by atoms with van der Waals surface area (Å²) in [6.45, 7) is 8.24. The van der Waals surface area contributed by atoms with Crippen LogP contribution >= 0.6 is 11.6 Å². The molecule has 0 aromatic heterocycles. The van der Waals surface area contributed by atoms with Crippen LogP contribution < -0.4 is 10.1 Å². The second-order valence-corrected chi connectivity index (χ2v) is 10.2. The lowest BCUT2D eigenvalue weighted by molar-refractivity contribution is -0.153. The number of phenols is 1. The minimum absolute atomic E-state index is 0.0110. The van der Waals surface area contributed by atoms with E-state index in [-0.39, 0.29) is 33.8 Å². The highest BCUT2D eigenvalue weighted by atomic mass is 35.5. The summed E-state index contributed by atoms with van der Waals surface area (Å²) in [5.74, 6) is -1.81. The zero-order valence-corrected chi connectivity index (χ0v) is 19.6. The summed E-state index contributed by atoms with van der Waals surface area (Å²) < 4.78 is 11.1. The molecule has 1 heterocycles. The van der Waals surface area contributed by atoms with E-state index in [4.69, 9.17) is 21.1 Å². The predicted octanol–water partition coefficient (Wildman–Crippen LogP) is 5.00. The Morgan fingerprint density at radius 1 is 1.25 bits per heavy atom. The molecule has 172 valence electrons. The molecule has 1 aromatic carbocycles. The van der Waals surface area contributed by atoms with E-state index in [2.05, 4.69) is 25.7 Å². The first-order chi connectivity index (χ1) is 15.1. The van der Waals surface area contributed by atoms with Crippen molar-refractivity contribution in [2.24, 2.45) is 11.3 Å². The summed E-state index contributed by atoms with van der Waals surface area (Å²) in [4.78, 5) is 26.8. The Labute approximate surface area is 193 Å². The molecule has 0 spiro atoms. The van der Waals surface area contributed by atoms with Crippen LogP contribution in [0.25, 0.3) is 0 Å². The topological polar surface area (TPSA) is 84.9 Å². The lowest BCUT2D eigenvalue weighted by atomic mass is 9.66. The Morgan fingerprint density at radius 3 is 2.59 bits per heavy atom. The van der Waals surface area contributed by atoms with E-state index >= 15 is 0 Å². The second-order valence-electron chi connectivity index (χ2n) is 9.84. The SMILES string of the molecule is C=C1NC2=C(C(=O)CC(C)(C)C2)C(c2cc(Cl)c(O)c(OC)c2)C1C(=O)OC1CCCC1. The standard InChI is InChI=1S/C25H30ClNO5/c1-13-20(24(30)32-15-7-5-6-8-15)21(14-9-16(26)23(29)19(10-14)31-4)22-17(27-13)11-25(2,3)12-18(22)28/h9-10,15,20-21,27,29H,1,5-8,11-12H2,2-4H3. The fourth-order valence-corrected chi connectivity index (χ4v) is 5.48. The van der Waals surface area contributed by atoms with Crippen molar-refractivity contribution in [3.8, 4) is 11.5 Å². The number of halogens is 1. The molecule has 32 heavy (non-hydrogen) atoms. The summed E-state index contributed by atoms with van der Waals surface area (Å²) in [7, 11) is 1.43. The van der Waals surface area contributed by atoms with E-state index in [1.165, 1.54) is 7.11 Å². The van der Waals surface area contributed by atoms with Gasteiger partial charge in [0.25, 0.3) is 0 Å². The van der Waals surface area contributed by atoms with Gasteiger partial charge in [-0.1, -0.05) is 32.0 Å². The molecule has 2 unspecified atom stereocenters. The van der Waals surface area contributed by atoms with Crippen LogP contribution in [-0.4, -0.2) is 30.1 Å². The van der Waals surface area contributed by atoms with Gasteiger partial charge in [-0.3, -0.25) is 9.59 Å². The van der Waals surface area contributed by atoms with Crippen molar-refractivity contribution in [2.45, 2.75) is 64.4 Å². The second kappa shape index (κ2) is 8.47. The molecule has 7 heteroatoms. The number of ketones is 1. The first-order valence-electron chi connectivity index (χ1n) is 11.1. The molecule has 4 rings (SSSR count). The average molecular weight is 460 g/mol. The van der Waals surface area contributed by atoms with E-state index in [1.54, 1.807) is 12.1 Å². The molecule has 6 nitrogen and oxygen atoms in total. The number of Topliss-reactive ketones (excluding diaryl/α,β-unsaturated/α-hetero) is 1. The quantitative estimate of drug-likeness (QED) is 0.616. The number of rotatable bonds is 4. The number of ether oxygens (including phenoxy) is 2. The summed E-state index contributed by atoms with van der Waals surface area (Å²) in [5, 5.41) is 13.6. The molecule has 2 N–H and O–H groups in total. The van der Waals surface area contributed by atoms with Gasteiger partial charge in [0.2, 0.25) is 0 Å². The fraction of sp³-hybridized carbons (Fsp3) is 0.520. The average Bonchev–Trinajstić information content (AvgIpc) is 3.20. The number of hydrogen-bond donors (Lipinski definition) is 2. The molecular weight excluding hydrogens is 430 g/mol. The van der Waals surface area contributed by atoms with Crippen LogP contribution in [-0.2, 0) is 14.3 Å². The van der Waals surface area contributed by atoms with Gasteiger partial charge in [-0.15, -0.1) is 0 Å². The highest BCUT2D eigenvalue weighted by Gasteiger charge is 2.47. The first kappa shape index (κ1) is 22.7. The lowest BCUT2D eigenvalue weighted by Crippen LogP contribution is -2.44.